The second kappa shape index (κ2) is 18.2. The van der Waals surface area contributed by atoms with E-state index in [2.05, 4.69) is 6.92 Å². The van der Waals surface area contributed by atoms with Crippen molar-refractivity contribution in [3.05, 3.63) is 84.0 Å². The molecule has 0 N–H and O–H groups in total. The molecule has 0 saturated carbocycles. The lowest BCUT2D eigenvalue weighted by Gasteiger charge is -2.34. The van der Waals surface area contributed by atoms with E-state index >= 15 is 0 Å². The molecule has 1 aliphatic rings. The van der Waals surface area contributed by atoms with E-state index in [9.17, 15) is 22.8 Å². The van der Waals surface area contributed by atoms with Gasteiger partial charge in [-0.25, -0.2) is 4.79 Å². The molecule has 0 aromatic heterocycles. The Hall–Kier alpha value is -3.06. The largest absolute Gasteiger partial charge is 0.449 e. The minimum Gasteiger partial charge on any atom is -0.449 e. The number of hydrogen-bond donors (Lipinski definition) is 0. The molecule has 0 radical (unpaired) electrons. The molecule has 246 valence electrons. The standard InChI is InChI=1S/C37H46ClF3O4/c1-3-5-6-7-8-9-10-11-12-16-25-36(26-24-30(27-32(36)38)28-18-14-13-15-19-28)35(43)44-31-22-20-29(21-23-31)34(42)45-33(17-4-2)37(39,40)41/h13-15,18-24,26-27,32-33H,3-12,16-17,25H2,1-2H3. The van der Waals surface area contributed by atoms with Crippen LogP contribution in [-0.4, -0.2) is 29.6 Å². The fourth-order valence-electron chi connectivity index (χ4n) is 5.53. The summed E-state index contributed by atoms with van der Waals surface area (Å²) in [5.74, 6) is -1.45. The van der Waals surface area contributed by atoms with Gasteiger partial charge in [-0.05, 0) is 48.2 Å². The number of alkyl halides is 4. The lowest BCUT2D eigenvalue weighted by atomic mass is 9.74. The molecule has 3 unspecified atom stereocenters. The highest BCUT2D eigenvalue weighted by Crippen LogP contribution is 2.42. The summed E-state index contributed by atoms with van der Waals surface area (Å²) in [5, 5.41) is -0.657. The Kier molecular flexibility index (Phi) is 14.7. The van der Waals surface area contributed by atoms with E-state index in [-0.39, 0.29) is 24.2 Å². The van der Waals surface area contributed by atoms with Gasteiger partial charge in [0.25, 0.3) is 0 Å². The summed E-state index contributed by atoms with van der Waals surface area (Å²) in [6, 6.07) is 15.1. The van der Waals surface area contributed by atoms with Crippen LogP contribution < -0.4 is 4.74 Å². The van der Waals surface area contributed by atoms with E-state index < -0.39 is 35.0 Å². The van der Waals surface area contributed by atoms with Crippen molar-refractivity contribution < 1.29 is 32.2 Å². The highest BCUT2D eigenvalue weighted by Gasteiger charge is 2.45. The monoisotopic (exact) mass is 646 g/mol. The van der Waals surface area contributed by atoms with Gasteiger partial charge in [0.1, 0.15) is 11.2 Å². The normalized spacial score (nSPS) is 18.7. The summed E-state index contributed by atoms with van der Waals surface area (Å²) in [6.07, 6.45) is 10.9. The molecule has 0 aliphatic heterocycles. The van der Waals surface area contributed by atoms with Crippen molar-refractivity contribution in [3.8, 4) is 5.75 Å². The van der Waals surface area contributed by atoms with Gasteiger partial charge in [-0.1, -0.05) is 133 Å². The first kappa shape index (κ1) is 36.4. The molecular formula is C37H46ClF3O4. The number of rotatable bonds is 18. The smallest absolute Gasteiger partial charge is 0.425 e. The lowest BCUT2D eigenvalue weighted by molar-refractivity contribution is -0.206. The van der Waals surface area contributed by atoms with Gasteiger partial charge in [0.2, 0.25) is 0 Å². The van der Waals surface area contributed by atoms with Crippen molar-refractivity contribution in [1.82, 2.24) is 0 Å². The summed E-state index contributed by atoms with van der Waals surface area (Å²) < 4.78 is 50.2. The van der Waals surface area contributed by atoms with Crippen molar-refractivity contribution in [2.45, 2.75) is 115 Å². The van der Waals surface area contributed by atoms with Crippen LogP contribution in [0.1, 0.15) is 113 Å². The first-order chi connectivity index (χ1) is 21.6. The Morgan fingerprint density at radius 1 is 0.844 bits per heavy atom. The quantitative estimate of drug-likeness (QED) is 0.0700. The van der Waals surface area contributed by atoms with Crippen LogP contribution >= 0.6 is 11.6 Å². The maximum absolute atomic E-state index is 13.8. The second-order valence-corrected chi connectivity index (χ2v) is 12.3. The summed E-state index contributed by atoms with van der Waals surface area (Å²) in [5.41, 5.74) is 0.751. The first-order valence-electron chi connectivity index (χ1n) is 16.3. The minimum atomic E-state index is -4.65. The molecule has 45 heavy (non-hydrogen) atoms. The molecule has 4 nitrogen and oxygen atoms in total. The number of allylic oxidation sites excluding steroid dienone is 3. The van der Waals surface area contributed by atoms with Crippen LogP contribution in [0.4, 0.5) is 13.2 Å². The van der Waals surface area contributed by atoms with E-state index in [4.69, 9.17) is 21.1 Å². The molecule has 2 aromatic carbocycles. The molecule has 3 rings (SSSR count). The summed E-state index contributed by atoms with van der Waals surface area (Å²) in [6.45, 7) is 3.81. The number of carbonyl (C=O) groups is 2. The number of unbranched alkanes of at least 4 members (excludes halogenated alkanes) is 9. The zero-order chi connectivity index (χ0) is 32.7. The molecular weight excluding hydrogens is 601 g/mol. The highest BCUT2D eigenvalue weighted by molar-refractivity contribution is 6.25. The van der Waals surface area contributed by atoms with Gasteiger partial charge < -0.3 is 9.47 Å². The molecule has 0 heterocycles. The Labute approximate surface area is 271 Å². The predicted molar refractivity (Wildman–Crippen MR) is 174 cm³/mol. The Bertz CT molecular complexity index is 1260. The van der Waals surface area contributed by atoms with E-state index in [1.54, 1.807) is 6.92 Å². The van der Waals surface area contributed by atoms with E-state index in [1.807, 2.05) is 48.6 Å². The van der Waals surface area contributed by atoms with Crippen LogP contribution in [0, 0.1) is 5.41 Å². The number of hydrogen-bond acceptors (Lipinski definition) is 4. The van der Waals surface area contributed by atoms with E-state index in [0.717, 1.165) is 30.4 Å². The number of halogens is 4. The summed E-state index contributed by atoms with van der Waals surface area (Å²) in [7, 11) is 0. The van der Waals surface area contributed by atoms with Gasteiger partial charge >= 0.3 is 18.1 Å². The van der Waals surface area contributed by atoms with Crippen molar-refractivity contribution in [2.75, 3.05) is 0 Å². The lowest BCUT2D eigenvalue weighted by Crippen LogP contribution is -2.41. The molecule has 8 heteroatoms. The molecule has 1 aliphatic carbocycles. The van der Waals surface area contributed by atoms with Crippen LogP contribution in [0.3, 0.4) is 0 Å². The van der Waals surface area contributed by atoms with Crippen molar-refractivity contribution in [2.24, 2.45) is 5.41 Å². The molecule has 3 atom stereocenters. The fraction of sp³-hybridized carbons (Fsp3) is 0.514. The van der Waals surface area contributed by atoms with Gasteiger partial charge in [0, 0.05) is 0 Å². The number of carbonyl (C=O) groups excluding carboxylic acids is 2. The Morgan fingerprint density at radius 2 is 1.44 bits per heavy atom. The van der Waals surface area contributed by atoms with Crippen LogP contribution in [-0.2, 0) is 9.53 Å². The zero-order valence-corrected chi connectivity index (χ0v) is 27.2. The van der Waals surface area contributed by atoms with Crippen LogP contribution in [0.2, 0.25) is 0 Å². The van der Waals surface area contributed by atoms with Crippen molar-refractivity contribution in [1.29, 1.82) is 0 Å². The zero-order valence-electron chi connectivity index (χ0n) is 26.4. The highest BCUT2D eigenvalue weighted by atomic mass is 35.5. The molecule has 0 amide bonds. The molecule has 2 aromatic rings. The van der Waals surface area contributed by atoms with E-state index in [0.29, 0.717) is 6.42 Å². The number of ether oxygens (including phenoxy) is 2. The maximum atomic E-state index is 13.8. The first-order valence-corrected chi connectivity index (χ1v) is 16.7. The maximum Gasteiger partial charge on any atom is 0.425 e. The van der Waals surface area contributed by atoms with Gasteiger partial charge in [-0.3, -0.25) is 4.79 Å². The Morgan fingerprint density at radius 3 is 2.00 bits per heavy atom. The third kappa shape index (κ3) is 11.1. The van der Waals surface area contributed by atoms with Crippen LogP contribution in [0.5, 0.6) is 5.75 Å². The molecule has 0 saturated heterocycles. The van der Waals surface area contributed by atoms with Crippen LogP contribution in [0.15, 0.2) is 72.8 Å². The third-order valence-electron chi connectivity index (χ3n) is 8.28. The van der Waals surface area contributed by atoms with Crippen molar-refractivity contribution >= 4 is 29.1 Å². The SMILES string of the molecule is CCCCCCCCCCCCC1(C(=O)Oc2ccc(C(=O)OC(CCC)C(F)(F)F)cc2)C=CC(c2ccccc2)=CC1Cl. The van der Waals surface area contributed by atoms with Gasteiger partial charge in [0.15, 0.2) is 6.10 Å². The molecule has 0 spiro atoms. The molecule has 0 fully saturated rings. The van der Waals surface area contributed by atoms with Gasteiger partial charge in [0.05, 0.1) is 10.9 Å². The summed E-state index contributed by atoms with van der Waals surface area (Å²) >= 11 is 6.96. The van der Waals surface area contributed by atoms with Gasteiger partial charge in [-0.2, -0.15) is 13.2 Å². The predicted octanol–water partition coefficient (Wildman–Crippen LogP) is 11.0. The average Bonchev–Trinajstić information content (AvgIpc) is 3.02. The second-order valence-electron chi connectivity index (χ2n) is 11.8. The van der Waals surface area contributed by atoms with Crippen LogP contribution in [0.25, 0.3) is 5.57 Å². The fourth-order valence-corrected chi connectivity index (χ4v) is 5.94. The Balaban J connectivity index is 1.67. The topological polar surface area (TPSA) is 52.6 Å². The minimum absolute atomic E-state index is 0.0663. The number of esters is 2. The van der Waals surface area contributed by atoms with Gasteiger partial charge in [-0.15, -0.1) is 11.6 Å². The molecule has 0 bridgehead atoms. The summed E-state index contributed by atoms with van der Waals surface area (Å²) in [4.78, 5) is 26.2. The third-order valence-corrected chi connectivity index (χ3v) is 8.79. The van der Waals surface area contributed by atoms with Crippen molar-refractivity contribution in [3.63, 3.8) is 0 Å². The number of benzene rings is 2. The average molecular weight is 647 g/mol. The van der Waals surface area contributed by atoms with E-state index in [1.165, 1.54) is 69.2 Å².